The number of methoxy groups -OCH3 is 2. The summed E-state index contributed by atoms with van der Waals surface area (Å²) in [7, 11) is -1.44. The Labute approximate surface area is 259 Å². The van der Waals surface area contributed by atoms with Crippen molar-refractivity contribution in [2.75, 3.05) is 25.1 Å². The zero-order valence-electron chi connectivity index (χ0n) is 25.5. The molecule has 0 heterocycles. The van der Waals surface area contributed by atoms with Gasteiger partial charge in [-0.25, -0.2) is 8.42 Å². The van der Waals surface area contributed by atoms with Crippen molar-refractivity contribution in [3.63, 3.8) is 0 Å². The molecule has 232 valence electrons. The topological polar surface area (TPSA) is 105 Å². The molecule has 0 saturated carbocycles. The Balaban J connectivity index is 2.10. The number of anilines is 1. The second kappa shape index (κ2) is 15.1. The van der Waals surface area contributed by atoms with Gasteiger partial charge in [-0.2, -0.15) is 0 Å². The lowest BCUT2D eigenvalue weighted by Gasteiger charge is -2.34. The van der Waals surface area contributed by atoms with Crippen molar-refractivity contribution in [1.29, 1.82) is 0 Å². The van der Waals surface area contributed by atoms with Gasteiger partial charge in [0.05, 0.1) is 24.8 Å². The van der Waals surface area contributed by atoms with Crippen LogP contribution in [0, 0.1) is 6.92 Å². The predicted molar refractivity (Wildman–Crippen MR) is 169 cm³/mol. The molecule has 9 nitrogen and oxygen atoms in total. The van der Waals surface area contributed by atoms with Crippen LogP contribution in [-0.2, 0) is 26.2 Å². The van der Waals surface area contributed by atoms with Crippen LogP contribution in [-0.4, -0.2) is 58.0 Å². The van der Waals surface area contributed by atoms with E-state index in [1.54, 1.807) is 12.1 Å². The number of nitrogens with one attached hydrogen (secondary N) is 1. The Morgan fingerprint density at radius 3 is 2.19 bits per heavy atom. The highest BCUT2D eigenvalue weighted by atomic mass is 35.5. The first kappa shape index (κ1) is 33.7. The molecule has 2 amide bonds. The lowest BCUT2D eigenvalue weighted by molar-refractivity contribution is -0.140. The van der Waals surface area contributed by atoms with Crippen molar-refractivity contribution in [3.05, 3.63) is 82.9 Å². The van der Waals surface area contributed by atoms with Crippen LogP contribution in [0.4, 0.5) is 5.69 Å². The maximum atomic E-state index is 14.2. The van der Waals surface area contributed by atoms with Crippen molar-refractivity contribution >= 4 is 39.1 Å². The van der Waals surface area contributed by atoms with Crippen LogP contribution >= 0.6 is 11.6 Å². The van der Waals surface area contributed by atoms with Crippen LogP contribution in [0.15, 0.2) is 71.6 Å². The monoisotopic (exact) mass is 629 g/mol. The zero-order valence-corrected chi connectivity index (χ0v) is 27.0. The van der Waals surface area contributed by atoms with Gasteiger partial charge in [0, 0.05) is 23.7 Å². The molecule has 0 radical (unpaired) electrons. The molecule has 11 heteroatoms. The van der Waals surface area contributed by atoms with Gasteiger partial charge in [-0.05, 0) is 68.7 Å². The van der Waals surface area contributed by atoms with Crippen LogP contribution in [0.5, 0.6) is 11.5 Å². The molecule has 2 atom stereocenters. The first-order valence-corrected chi connectivity index (χ1v) is 15.9. The summed E-state index contributed by atoms with van der Waals surface area (Å²) >= 11 is 6.11. The highest BCUT2D eigenvalue weighted by Gasteiger charge is 2.34. The standard InChI is InChI=1S/C32H40ClN3O6S/c1-7-23(4)34-32(38)28(8-2)35(20-24-11-9-10-22(3)18-24)31(37)21-36(26-14-12-25(33)13-15-26)43(39,40)27-16-17-29(41-5)30(19-27)42-6/h9-19,23,28H,7-8,20-21H2,1-6H3,(H,34,38). The van der Waals surface area contributed by atoms with Crippen LogP contribution in [0.25, 0.3) is 0 Å². The molecule has 0 fully saturated rings. The van der Waals surface area contributed by atoms with E-state index in [4.69, 9.17) is 21.1 Å². The molecular formula is C32H40ClN3O6S. The number of hydrogen-bond donors (Lipinski definition) is 1. The molecule has 3 aromatic carbocycles. The summed E-state index contributed by atoms with van der Waals surface area (Å²) in [5.74, 6) is -0.247. The molecule has 43 heavy (non-hydrogen) atoms. The van der Waals surface area contributed by atoms with Crippen molar-refractivity contribution in [2.45, 2.75) is 64.1 Å². The number of rotatable bonds is 14. The van der Waals surface area contributed by atoms with Gasteiger partial charge in [0.2, 0.25) is 11.8 Å². The van der Waals surface area contributed by atoms with Crippen molar-refractivity contribution in [2.24, 2.45) is 0 Å². The van der Waals surface area contributed by atoms with E-state index in [0.717, 1.165) is 21.9 Å². The van der Waals surface area contributed by atoms with Crippen LogP contribution < -0.4 is 19.1 Å². The van der Waals surface area contributed by atoms with E-state index in [2.05, 4.69) is 5.32 Å². The van der Waals surface area contributed by atoms with E-state index in [-0.39, 0.29) is 34.8 Å². The maximum absolute atomic E-state index is 14.2. The maximum Gasteiger partial charge on any atom is 0.264 e. The SMILES string of the molecule is CCC(C)NC(=O)C(CC)N(Cc1cccc(C)c1)C(=O)CN(c1ccc(Cl)cc1)S(=O)(=O)c1ccc(OC)c(OC)c1. The zero-order chi connectivity index (χ0) is 31.7. The van der Waals surface area contributed by atoms with Crippen LogP contribution in [0.1, 0.15) is 44.7 Å². The molecule has 0 aliphatic rings. The number of sulfonamides is 1. The fraction of sp³-hybridized carbons (Fsp3) is 0.375. The first-order valence-electron chi connectivity index (χ1n) is 14.1. The summed E-state index contributed by atoms with van der Waals surface area (Å²) in [6.07, 6.45) is 1.06. The highest BCUT2D eigenvalue weighted by Crippen LogP contribution is 2.33. The van der Waals surface area contributed by atoms with E-state index in [0.29, 0.717) is 17.2 Å². The quantitative estimate of drug-likeness (QED) is 0.250. The normalized spacial score (nSPS) is 12.6. The Morgan fingerprint density at radius 1 is 0.930 bits per heavy atom. The molecule has 3 aromatic rings. The van der Waals surface area contributed by atoms with E-state index >= 15 is 0 Å². The molecule has 2 unspecified atom stereocenters. The van der Waals surface area contributed by atoms with Crippen molar-refractivity contribution in [3.8, 4) is 11.5 Å². The first-order chi connectivity index (χ1) is 20.4. The van der Waals surface area contributed by atoms with Crippen LogP contribution in [0.3, 0.4) is 0 Å². The molecule has 0 spiro atoms. The number of benzene rings is 3. The number of hydrogen-bond acceptors (Lipinski definition) is 6. The van der Waals surface area contributed by atoms with E-state index in [1.165, 1.54) is 49.5 Å². The fourth-order valence-corrected chi connectivity index (χ4v) is 6.16. The van der Waals surface area contributed by atoms with Gasteiger partial charge in [-0.3, -0.25) is 13.9 Å². The third-order valence-corrected chi connectivity index (χ3v) is 9.18. The number of nitrogens with zero attached hydrogens (tertiary/aromatic N) is 2. The fourth-order valence-electron chi connectivity index (χ4n) is 4.61. The van der Waals surface area contributed by atoms with Gasteiger partial charge in [0.1, 0.15) is 12.6 Å². The van der Waals surface area contributed by atoms with Gasteiger partial charge in [-0.1, -0.05) is 55.3 Å². The summed E-state index contributed by atoms with van der Waals surface area (Å²) in [6, 6.07) is 17.1. The molecule has 1 N–H and O–H groups in total. The molecule has 0 saturated heterocycles. The molecule has 0 aromatic heterocycles. The second-order valence-corrected chi connectivity index (χ2v) is 12.6. The lowest BCUT2D eigenvalue weighted by Crippen LogP contribution is -2.53. The van der Waals surface area contributed by atoms with Gasteiger partial charge >= 0.3 is 0 Å². The summed E-state index contributed by atoms with van der Waals surface area (Å²) < 4.78 is 39.9. The minimum atomic E-state index is -4.30. The van der Waals surface area contributed by atoms with Crippen molar-refractivity contribution < 1.29 is 27.5 Å². The number of ether oxygens (including phenoxy) is 2. The third kappa shape index (κ3) is 8.42. The minimum Gasteiger partial charge on any atom is -0.493 e. The average Bonchev–Trinajstić information content (AvgIpc) is 2.99. The Kier molecular flexibility index (Phi) is 11.9. The Bertz CT molecular complexity index is 1510. The van der Waals surface area contributed by atoms with E-state index < -0.39 is 28.5 Å². The predicted octanol–water partition coefficient (Wildman–Crippen LogP) is 5.58. The minimum absolute atomic E-state index is 0.0894. The number of halogens is 1. The third-order valence-electron chi connectivity index (χ3n) is 7.16. The Hall–Kier alpha value is -3.76. The highest BCUT2D eigenvalue weighted by molar-refractivity contribution is 7.92. The molecule has 0 aliphatic heterocycles. The Morgan fingerprint density at radius 2 is 1.60 bits per heavy atom. The number of amides is 2. The number of carbonyl (C=O) groups excluding carboxylic acids is 2. The molecule has 0 bridgehead atoms. The second-order valence-electron chi connectivity index (χ2n) is 10.3. The smallest absolute Gasteiger partial charge is 0.264 e. The lowest BCUT2D eigenvalue weighted by atomic mass is 10.1. The molecular weight excluding hydrogens is 590 g/mol. The summed E-state index contributed by atoms with van der Waals surface area (Å²) in [5, 5.41) is 3.39. The van der Waals surface area contributed by atoms with Crippen molar-refractivity contribution in [1.82, 2.24) is 10.2 Å². The molecule has 0 aliphatic carbocycles. The summed E-state index contributed by atoms with van der Waals surface area (Å²) in [6.45, 7) is 7.20. The summed E-state index contributed by atoms with van der Waals surface area (Å²) in [4.78, 5) is 29.0. The van der Waals surface area contributed by atoms with Gasteiger partial charge in [0.25, 0.3) is 10.0 Å². The number of carbonyl (C=O) groups is 2. The van der Waals surface area contributed by atoms with Gasteiger partial charge in [-0.15, -0.1) is 0 Å². The van der Waals surface area contributed by atoms with E-state index in [1.807, 2.05) is 52.0 Å². The molecule has 3 rings (SSSR count). The summed E-state index contributed by atoms with van der Waals surface area (Å²) in [5.41, 5.74) is 2.06. The van der Waals surface area contributed by atoms with Gasteiger partial charge in [0.15, 0.2) is 11.5 Å². The largest absolute Gasteiger partial charge is 0.493 e. The average molecular weight is 630 g/mol. The van der Waals surface area contributed by atoms with Gasteiger partial charge < -0.3 is 19.7 Å². The van der Waals surface area contributed by atoms with Crippen LogP contribution in [0.2, 0.25) is 5.02 Å². The van der Waals surface area contributed by atoms with E-state index in [9.17, 15) is 18.0 Å². The number of aryl methyl sites for hydroxylation is 1.